The fourth-order valence-corrected chi connectivity index (χ4v) is 3.63. The number of amides is 2. The number of ether oxygens (including phenoxy) is 2. The molecule has 2 amide bonds. The van der Waals surface area contributed by atoms with E-state index in [-0.39, 0.29) is 11.1 Å². The number of carbonyl (C=O) groups excluding carboxylic acids is 4. The largest absolute Gasteiger partial charge is 0.444 e. The van der Waals surface area contributed by atoms with Gasteiger partial charge in [0.25, 0.3) is 11.8 Å². The predicted octanol–water partition coefficient (Wildman–Crippen LogP) is 3.57. The Labute approximate surface area is 190 Å². The molecule has 1 aliphatic rings. The van der Waals surface area contributed by atoms with Gasteiger partial charge in [-0.2, -0.15) is 0 Å². The highest BCUT2D eigenvalue weighted by Gasteiger charge is 2.53. The zero-order valence-corrected chi connectivity index (χ0v) is 17.8. The van der Waals surface area contributed by atoms with Crippen LogP contribution in [-0.2, 0) is 25.5 Å². The van der Waals surface area contributed by atoms with Crippen molar-refractivity contribution in [2.75, 3.05) is 4.90 Å². The second kappa shape index (κ2) is 9.48. The highest BCUT2D eigenvalue weighted by molar-refractivity contribution is 6.25. The Balaban J connectivity index is 1.68. The Hall–Kier alpha value is -4.26. The van der Waals surface area contributed by atoms with Crippen LogP contribution >= 0.6 is 0 Å². The summed E-state index contributed by atoms with van der Waals surface area (Å²) < 4.78 is 10.9. The summed E-state index contributed by atoms with van der Waals surface area (Å²) >= 11 is 0. The molecule has 0 N–H and O–H groups in total. The van der Waals surface area contributed by atoms with Gasteiger partial charge in [0.05, 0.1) is 16.8 Å². The van der Waals surface area contributed by atoms with E-state index < -0.39 is 36.0 Å². The fraction of sp³-hybridized carbons (Fsp3) is 0.154. The molecule has 166 valence electrons. The number of hydrogen-bond acceptors (Lipinski definition) is 6. The summed E-state index contributed by atoms with van der Waals surface area (Å²) in [4.78, 5) is 52.9. The average Bonchev–Trinajstić information content (AvgIpc) is 3.08. The lowest BCUT2D eigenvalue weighted by atomic mass is 10.1. The minimum absolute atomic E-state index is 0.207. The first-order valence-electron chi connectivity index (χ1n) is 10.5. The van der Waals surface area contributed by atoms with Gasteiger partial charge in [-0.15, -0.1) is 0 Å². The Morgan fingerprint density at radius 1 is 0.697 bits per heavy atom. The first-order chi connectivity index (χ1) is 16.0. The third-order valence-corrected chi connectivity index (χ3v) is 5.30. The maximum atomic E-state index is 13.3. The van der Waals surface area contributed by atoms with Crippen molar-refractivity contribution in [1.82, 2.24) is 0 Å². The molecule has 3 aromatic carbocycles. The van der Waals surface area contributed by atoms with E-state index in [9.17, 15) is 19.2 Å². The van der Waals surface area contributed by atoms with E-state index >= 15 is 0 Å². The van der Waals surface area contributed by atoms with Crippen LogP contribution in [0.15, 0.2) is 84.9 Å². The maximum absolute atomic E-state index is 13.3. The van der Waals surface area contributed by atoms with Crippen LogP contribution in [0.5, 0.6) is 0 Å². The number of carbonyl (C=O) groups is 4. The monoisotopic (exact) mass is 443 g/mol. The molecule has 7 nitrogen and oxygen atoms in total. The zero-order valence-electron chi connectivity index (χ0n) is 17.8. The third kappa shape index (κ3) is 4.39. The van der Waals surface area contributed by atoms with Gasteiger partial charge in [0.2, 0.25) is 12.2 Å². The molecule has 0 radical (unpaired) electrons. The summed E-state index contributed by atoms with van der Waals surface area (Å²) in [5, 5.41) is 0. The molecule has 3 aromatic rings. The van der Waals surface area contributed by atoms with Gasteiger partial charge in [-0.3, -0.25) is 9.59 Å². The highest BCUT2D eigenvalue weighted by Crippen LogP contribution is 2.30. The Bertz CT molecular complexity index is 1120. The number of para-hydroxylation sites is 1. The second-order valence-electron chi connectivity index (χ2n) is 7.38. The fourth-order valence-electron chi connectivity index (χ4n) is 3.63. The van der Waals surface area contributed by atoms with Crippen LogP contribution in [0.4, 0.5) is 5.69 Å². The lowest BCUT2D eigenvalue weighted by Gasteiger charge is -2.17. The van der Waals surface area contributed by atoms with E-state index in [1.807, 2.05) is 6.92 Å². The first kappa shape index (κ1) is 22.0. The maximum Gasteiger partial charge on any atom is 0.339 e. The average molecular weight is 443 g/mol. The van der Waals surface area contributed by atoms with Crippen molar-refractivity contribution >= 4 is 29.4 Å². The first-order valence-corrected chi connectivity index (χ1v) is 10.5. The van der Waals surface area contributed by atoms with Gasteiger partial charge in [0, 0.05) is 0 Å². The van der Waals surface area contributed by atoms with Crippen molar-refractivity contribution in [2.24, 2.45) is 0 Å². The normalized spacial score (nSPS) is 17.7. The number of nitrogens with zero attached hydrogens (tertiary/aromatic N) is 1. The van der Waals surface area contributed by atoms with Crippen LogP contribution in [0.2, 0.25) is 0 Å². The summed E-state index contributed by atoms with van der Waals surface area (Å²) in [7, 11) is 0. The number of imide groups is 1. The number of hydrogen-bond donors (Lipinski definition) is 0. The van der Waals surface area contributed by atoms with Gasteiger partial charge < -0.3 is 9.47 Å². The Morgan fingerprint density at radius 3 is 1.58 bits per heavy atom. The second-order valence-corrected chi connectivity index (χ2v) is 7.38. The molecule has 33 heavy (non-hydrogen) atoms. The smallest absolute Gasteiger partial charge is 0.339 e. The molecule has 0 bridgehead atoms. The van der Waals surface area contributed by atoms with Gasteiger partial charge in [0.1, 0.15) is 0 Å². The number of aryl methyl sites for hydroxylation is 1. The molecule has 4 rings (SSSR count). The molecule has 7 heteroatoms. The van der Waals surface area contributed by atoms with Crippen LogP contribution in [-0.4, -0.2) is 36.0 Å². The minimum atomic E-state index is -1.61. The van der Waals surface area contributed by atoms with Crippen molar-refractivity contribution in [3.63, 3.8) is 0 Å². The van der Waals surface area contributed by atoms with Crippen LogP contribution in [0.1, 0.15) is 33.2 Å². The van der Waals surface area contributed by atoms with Crippen molar-refractivity contribution in [3.8, 4) is 0 Å². The van der Waals surface area contributed by atoms with Gasteiger partial charge in [-0.1, -0.05) is 61.5 Å². The Kier molecular flexibility index (Phi) is 6.31. The summed E-state index contributed by atoms with van der Waals surface area (Å²) in [5.41, 5.74) is 1.54. The van der Waals surface area contributed by atoms with Crippen LogP contribution in [0.3, 0.4) is 0 Å². The number of rotatable bonds is 6. The lowest BCUT2D eigenvalue weighted by Crippen LogP contribution is -2.37. The number of benzene rings is 3. The van der Waals surface area contributed by atoms with E-state index in [1.165, 1.54) is 24.3 Å². The summed E-state index contributed by atoms with van der Waals surface area (Å²) in [5.74, 6) is -3.13. The molecular formula is C26H21NO6. The molecule has 2 atom stereocenters. The molecule has 1 saturated heterocycles. The van der Waals surface area contributed by atoms with E-state index in [4.69, 9.17) is 9.47 Å². The van der Waals surface area contributed by atoms with Crippen LogP contribution in [0, 0.1) is 0 Å². The minimum Gasteiger partial charge on any atom is -0.444 e. The summed E-state index contributed by atoms with van der Waals surface area (Å²) in [6.07, 6.45) is -2.65. The molecule has 1 heterocycles. The van der Waals surface area contributed by atoms with Crippen LogP contribution in [0.25, 0.3) is 0 Å². The topological polar surface area (TPSA) is 90.0 Å². The molecular weight excluding hydrogens is 422 g/mol. The highest BCUT2D eigenvalue weighted by atomic mass is 16.6. The van der Waals surface area contributed by atoms with Gasteiger partial charge in [0.15, 0.2) is 0 Å². The van der Waals surface area contributed by atoms with Crippen molar-refractivity contribution in [3.05, 3.63) is 102 Å². The SMILES string of the molecule is CCc1ccccc1N1C(=O)[C@H](OC(=O)c2ccccc2)[C@@H](OC(=O)c2ccccc2)C1=O. The van der Waals surface area contributed by atoms with E-state index in [2.05, 4.69) is 0 Å². The Morgan fingerprint density at radius 2 is 1.12 bits per heavy atom. The van der Waals surface area contributed by atoms with Gasteiger partial charge in [-0.05, 0) is 42.3 Å². The summed E-state index contributed by atoms with van der Waals surface area (Å²) in [6, 6.07) is 23.1. The molecule has 0 saturated carbocycles. The molecule has 0 aromatic heterocycles. The standard InChI is InChI=1S/C26H21NO6/c1-2-17-11-9-10-16-20(17)27-23(28)21(32-25(30)18-12-5-3-6-13-18)22(24(27)29)33-26(31)19-14-7-4-8-15-19/h3-16,21-22H,2H2,1H3/t21-,22-/m1/s1. The molecule has 0 spiro atoms. The molecule has 0 unspecified atom stereocenters. The van der Waals surface area contributed by atoms with Gasteiger partial charge >= 0.3 is 11.9 Å². The van der Waals surface area contributed by atoms with Crippen molar-refractivity contribution < 1.29 is 28.7 Å². The number of anilines is 1. The molecule has 0 aliphatic carbocycles. The molecule has 1 aliphatic heterocycles. The van der Waals surface area contributed by atoms with E-state index in [0.717, 1.165) is 10.5 Å². The third-order valence-electron chi connectivity index (χ3n) is 5.30. The van der Waals surface area contributed by atoms with Crippen LogP contribution < -0.4 is 4.90 Å². The van der Waals surface area contributed by atoms with E-state index in [1.54, 1.807) is 60.7 Å². The van der Waals surface area contributed by atoms with E-state index in [0.29, 0.717) is 12.1 Å². The van der Waals surface area contributed by atoms with Crippen molar-refractivity contribution in [2.45, 2.75) is 25.6 Å². The predicted molar refractivity (Wildman–Crippen MR) is 120 cm³/mol. The number of esters is 2. The quantitative estimate of drug-likeness (QED) is 0.427. The zero-order chi connectivity index (χ0) is 23.4. The summed E-state index contributed by atoms with van der Waals surface area (Å²) in [6.45, 7) is 1.89. The van der Waals surface area contributed by atoms with Crippen molar-refractivity contribution in [1.29, 1.82) is 0 Å². The molecule has 1 fully saturated rings. The van der Waals surface area contributed by atoms with Gasteiger partial charge in [-0.25, -0.2) is 14.5 Å². The lowest BCUT2D eigenvalue weighted by molar-refractivity contribution is -0.130.